The summed E-state index contributed by atoms with van der Waals surface area (Å²) in [5.41, 5.74) is 6.08. The molecule has 0 radical (unpaired) electrons. The molecule has 2 atom stereocenters. The minimum atomic E-state index is 0.163. The van der Waals surface area contributed by atoms with Gasteiger partial charge in [0.05, 0.1) is 11.6 Å². The maximum atomic E-state index is 5.92. The van der Waals surface area contributed by atoms with Crippen LogP contribution in [0.4, 0.5) is 0 Å². The molecule has 0 bridgehead atoms. The molecule has 13 heavy (non-hydrogen) atoms. The Bertz CT molecular complexity index is 180. The van der Waals surface area contributed by atoms with Crippen molar-refractivity contribution in [2.45, 2.75) is 37.8 Å². The number of hydrogen-bond donors (Lipinski definition) is 1. The van der Waals surface area contributed by atoms with Crippen LogP contribution in [-0.2, 0) is 4.74 Å². The molecule has 0 aromatic heterocycles. The Morgan fingerprint density at radius 3 is 2.62 bits per heavy atom. The minimum Gasteiger partial charge on any atom is -0.376 e. The summed E-state index contributed by atoms with van der Waals surface area (Å²) in [6.45, 7) is 6.22. The van der Waals surface area contributed by atoms with Gasteiger partial charge in [-0.3, -0.25) is 4.90 Å². The van der Waals surface area contributed by atoms with Gasteiger partial charge in [-0.05, 0) is 39.3 Å². The molecule has 2 fully saturated rings. The van der Waals surface area contributed by atoms with Crippen molar-refractivity contribution >= 4 is 0 Å². The van der Waals surface area contributed by atoms with E-state index in [1.807, 2.05) is 0 Å². The van der Waals surface area contributed by atoms with Gasteiger partial charge < -0.3 is 10.5 Å². The van der Waals surface area contributed by atoms with E-state index in [0.29, 0.717) is 6.10 Å². The van der Waals surface area contributed by atoms with Crippen LogP contribution in [0.15, 0.2) is 0 Å². The van der Waals surface area contributed by atoms with E-state index in [0.717, 1.165) is 19.6 Å². The fourth-order valence-corrected chi connectivity index (χ4v) is 2.75. The molecular formula is C10H20N2O. The number of hydrogen-bond acceptors (Lipinski definition) is 3. The monoisotopic (exact) mass is 184 g/mol. The van der Waals surface area contributed by atoms with Gasteiger partial charge in [-0.15, -0.1) is 0 Å². The molecule has 0 amide bonds. The Balaban J connectivity index is 2.13. The highest BCUT2D eigenvalue weighted by Gasteiger charge is 2.45. The first-order valence-electron chi connectivity index (χ1n) is 5.36. The molecule has 2 aliphatic heterocycles. The Hall–Kier alpha value is -0.120. The van der Waals surface area contributed by atoms with E-state index in [4.69, 9.17) is 10.5 Å². The standard InChI is InChI=1S/C10H20N2O/c1-9-10(8-11,4-7-13-9)12-5-2-3-6-12/h9H,2-8,11H2,1H3. The summed E-state index contributed by atoms with van der Waals surface area (Å²) in [5.74, 6) is 0. The van der Waals surface area contributed by atoms with Gasteiger partial charge in [0.1, 0.15) is 0 Å². The van der Waals surface area contributed by atoms with Crippen LogP contribution in [0.1, 0.15) is 26.2 Å². The number of likely N-dealkylation sites (tertiary alicyclic amines) is 1. The molecule has 2 unspecified atom stereocenters. The molecule has 3 heteroatoms. The zero-order valence-corrected chi connectivity index (χ0v) is 8.46. The fourth-order valence-electron chi connectivity index (χ4n) is 2.75. The van der Waals surface area contributed by atoms with Crippen molar-refractivity contribution < 1.29 is 4.74 Å². The maximum absolute atomic E-state index is 5.92. The molecule has 3 nitrogen and oxygen atoms in total. The highest BCUT2D eigenvalue weighted by atomic mass is 16.5. The van der Waals surface area contributed by atoms with Crippen LogP contribution in [0.25, 0.3) is 0 Å². The molecule has 2 saturated heterocycles. The van der Waals surface area contributed by atoms with Crippen molar-refractivity contribution in [3.05, 3.63) is 0 Å². The fraction of sp³-hybridized carbons (Fsp3) is 1.00. The lowest BCUT2D eigenvalue weighted by Gasteiger charge is -2.40. The predicted octanol–water partition coefficient (Wildman–Crippen LogP) is 0.588. The third-order valence-electron chi connectivity index (χ3n) is 3.75. The van der Waals surface area contributed by atoms with Crippen molar-refractivity contribution in [1.82, 2.24) is 4.90 Å². The summed E-state index contributed by atoms with van der Waals surface area (Å²) in [6, 6.07) is 0. The minimum absolute atomic E-state index is 0.163. The van der Waals surface area contributed by atoms with Crippen LogP contribution in [0, 0.1) is 0 Å². The highest BCUT2D eigenvalue weighted by Crippen LogP contribution is 2.33. The zero-order chi connectivity index (χ0) is 9.31. The van der Waals surface area contributed by atoms with Gasteiger partial charge >= 0.3 is 0 Å². The first-order chi connectivity index (χ1) is 6.29. The van der Waals surface area contributed by atoms with E-state index in [1.165, 1.54) is 25.9 Å². The normalized spacial score (nSPS) is 41.5. The second-order valence-electron chi connectivity index (χ2n) is 4.26. The largest absolute Gasteiger partial charge is 0.376 e. The van der Waals surface area contributed by atoms with E-state index in [2.05, 4.69) is 11.8 Å². The van der Waals surface area contributed by atoms with Gasteiger partial charge in [0, 0.05) is 13.2 Å². The van der Waals surface area contributed by atoms with E-state index >= 15 is 0 Å². The predicted molar refractivity (Wildman–Crippen MR) is 52.6 cm³/mol. The van der Waals surface area contributed by atoms with E-state index < -0.39 is 0 Å². The molecule has 0 aliphatic carbocycles. The third-order valence-corrected chi connectivity index (χ3v) is 3.75. The lowest BCUT2D eigenvalue weighted by molar-refractivity contribution is 0.0272. The van der Waals surface area contributed by atoms with E-state index in [9.17, 15) is 0 Å². The van der Waals surface area contributed by atoms with Crippen molar-refractivity contribution in [1.29, 1.82) is 0 Å². The Morgan fingerprint density at radius 2 is 2.15 bits per heavy atom. The summed E-state index contributed by atoms with van der Waals surface area (Å²) in [6.07, 6.45) is 4.09. The third kappa shape index (κ3) is 1.39. The van der Waals surface area contributed by atoms with E-state index in [-0.39, 0.29) is 5.54 Å². The summed E-state index contributed by atoms with van der Waals surface area (Å²) in [4.78, 5) is 2.55. The highest BCUT2D eigenvalue weighted by molar-refractivity contribution is 5.01. The quantitative estimate of drug-likeness (QED) is 0.682. The van der Waals surface area contributed by atoms with Crippen molar-refractivity contribution in [3.8, 4) is 0 Å². The van der Waals surface area contributed by atoms with Gasteiger partial charge in [0.2, 0.25) is 0 Å². The number of nitrogens with two attached hydrogens (primary N) is 1. The van der Waals surface area contributed by atoms with Crippen LogP contribution in [0.5, 0.6) is 0 Å². The molecule has 0 aromatic rings. The van der Waals surface area contributed by atoms with Crippen LogP contribution in [-0.4, -0.2) is 42.8 Å². The van der Waals surface area contributed by atoms with Gasteiger partial charge in [0.25, 0.3) is 0 Å². The lowest BCUT2D eigenvalue weighted by atomic mass is 9.90. The summed E-state index contributed by atoms with van der Waals surface area (Å²) in [7, 11) is 0. The molecule has 76 valence electrons. The van der Waals surface area contributed by atoms with Gasteiger partial charge in [-0.2, -0.15) is 0 Å². The van der Waals surface area contributed by atoms with Crippen LogP contribution < -0.4 is 5.73 Å². The topological polar surface area (TPSA) is 38.5 Å². The average molecular weight is 184 g/mol. The summed E-state index contributed by atoms with van der Waals surface area (Å²) >= 11 is 0. The number of ether oxygens (including phenoxy) is 1. The average Bonchev–Trinajstić information content (AvgIpc) is 2.73. The summed E-state index contributed by atoms with van der Waals surface area (Å²) < 4.78 is 5.65. The molecule has 2 heterocycles. The van der Waals surface area contributed by atoms with Gasteiger partial charge in [-0.1, -0.05) is 0 Å². The molecule has 2 rings (SSSR count). The van der Waals surface area contributed by atoms with Crippen molar-refractivity contribution in [2.24, 2.45) is 5.73 Å². The van der Waals surface area contributed by atoms with Crippen LogP contribution in [0.2, 0.25) is 0 Å². The summed E-state index contributed by atoms with van der Waals surface area (Å²) in [5, 5.41) is 0. The smallest absolute Gasteiger partial charge is 0.0743 e. The molecule has 2 N–H and O–H groups in total. The second kappa shape index (κ2) is 3.56. The van der Waals surface area contributed by atoms with Crippen LogP contribution >= 0.6 is 0 Å². The number of nitrogens with zero attached hydrogens (tertiary/aromatic N) is 1. The van der Waals surface area contributed by atoms with Crippen molar-refractivity contribution in [2.75, 3.05) is 26.2 Å². The van der Waals surface area contributed by atoms with Gasteiger partial charge in [0.15, 0.2) is 0 Å². The van der Waals surface area contributed by atoms with Gasteiger partial charge in [-0.25, -0.2) is 0 Å². The lowest BCUT2D eigenvalue weighted by Crippen LogP contribution is -2.57. The Morgan fingerprint density at radius 1 is 1.46 bits per heavy atom. The maximum Gasteiger partial charge on any atom is 0.0743 e. The SMILES string of the molecule is CC1OCCC1(CN)N1CCCC1. The molecule has 0 aromatic carbocycles. The molecule has 2 aliphatic rings. The zero-order valence-electron chi connectivity index (χ0n) is 8.46. The van der Waals surface area contributed by atoms with E-state index in [1.54, 1.807) is 0 Å². The van der Waals surface area contributed by atoms with Crippen molar-refractivity contribution in [3.63, 3.8) is 0 Å². The van der Waals surface area contributed by atoms with Crippen LogP contribution in [0.3, 0.4) is 0 Å². The number of rotatable bonds is 2. The molecule has 0 spiro atoms. The first-order valence-corrected chi connectivity index (χ1v) is 5.36. The first kappa shape index (κ1) is 9.44. The Kier molecular flexibility index (Phi) is 2.58. The molecular weight excluding hydrogens is 164 g/mol. The Labute approximate surface area is 80.2 Å². The molecule has 0 saturated carbocycles. The second-order valence-corrected chi connectivity index (χ2v) is 4.26.